The van der Waals surface area contributed by atoms with Crippen molar-refractivity contribution in [1.29, 1.82) is 0 Å². The third-order valence-electron chi connectivity index (χ3n) is 14.2. The fraction of sp³-hybridized carbons (Fsp3) is 0.356. The van der Waals surface area contributed by atoms with Gasteiger partial charge in [-0.3, -0.25) is 19.2 Å². The number of hydrogen-bond acceptors (Lipinski definition) is 21. The van der Waals surface area contributed by atoms with Crippen LogP contribution in [0.2, 0.25) is 0 Å². The molecule has 9 heterocycles. The van der Waals surface area contributed by atoms with Gasteiger partial charge in [0.2, 0.25) is 6.29 Å². The number of ether oxygens (including phenoxy) is 5. The van der Waals surface area contributed by atoms with Gasteiger partial charge in [-0.25, -0.2) is 24.5 Å². The highest BCUT2D eigenvalue weighted by molar-refractivity contribution is 6.21. The molecule has 103 heavy (non-hydrogen) atoms. The monoisotopic (exact) mass is 1420 g/mol. The average molecular weight is 1420 g/mol. The van der Waals surface area contributed by atoms with E-state index in [1.54, 1.807) is 146 Å². The second-order valence-corrected chi connectivity index (χ2v) is 24.4. The maximum absolute atomic E-state index is 13.7. The van der Waals surface area contributed by atoms with Gasteiger partial charge in [0.15, 0.2) is 17.5 Å². The summed E-state index contributed by atoms with van der Waals surface area (Å²) in [5.41, 5.74) is 3.94. The van der Waals surface area contributed by atoms with E-state index in [1.165, 1.54) is 0 Å². The number of hydrogen-bond donors (Lipinski definition) is 2. The SMILES string of the molecule is C.CO.Cc1ccc2c(c1)OC/C=C/Cn1cnnc1-c1cccc(n1)N(C(=O)OC(C)(C)C)C2=O.Cc1ccc2c(c1)OCCCCn1cnnc1-c1cccc(n1)N(C(=O)OC(C)(C)C)C2=O.Cc1ccc2c(c1)OCCCCn1cnnc1-c1cccc(n1)NC2=O.O=CC(F)(F)F.[2H]CC. The zero-order chi connectivity index (χ0) is 75.0. The first-order valence-electron chi connectivity index (χ1n) is 33.0. The molecule has 9 aromatic rings. The van der Waals surface area contributed by atoms with Crippen LogP contribution in [0.4, 0.5) is 40.2 Å². The molecular weight excluding hydrogens is 1340 g/mol. The van der Waals surface area contributed by atoms with E-state index >= 15 is 0 Å². The summed E-state index contributed by atoms with van der Waals surface area (Å²) in [5, 5.41) is 34.4. The van der Waals surface area contributed by atoms with Gasteiger partial charge in [-0.2, -0.15) is 23.0 Å². The van der Waals surface area contributed by atoms with Gasteiger partial charge < -0.3 is 47.8 Å². The summed E-state index contributed by atoms with van der Waals surface area (Å²) in [6.45, 7) is 21.7. The zero-order valence-corrected chi connectivity index (χ0v) is 58.5. The van der Waals surface area contributed by atoms with Gasteiger partial charge >= 0.3 is 18.4 Å². The minimum atomic E-state index is -4.64. The quantitative estimate of drug-likeness (QED) is 0.105. The van der Waals surface area contributed by atoms with E-state index in [4.69, 9.17) is 35.0 Å². The Hall–Kier alpha value is -11.6. The van der Waals surface area contributed by atoms with E-state index in [0.29, 0.717) is 96.4 Å². The van der Waals surface area contributed by atoms with E-state index in [1.807, 2.05) is 77.0 Å². The Morgan fingerprint density at radius 2 is 0.951 bits per heavy atom. The lowest BCUT2D eigenvalue weighted by atomic mass is 10.1. The largest absolute Gasteiger partial charge is 0.493 e. The molecular formula is C73H86F3N15O12. The summed E-state index contributed by atoms with van der Waals surface area (Å²) >= 11 is 0. The number of aliphatic hydroxyl groups is 1. The lowest BCUT2D eigenvalue weighted by molar-refractivity contribution is -0.156. The average Bonchev–Trinajstić information content (AvgIpc) is 1.08. The van der Waals surface area contributed by atoms with Crippen molar-refractivity contribution >= 4 is 53.6 Å². The molecule has 0 saturated carbocycles. The smallest absolute Gasteiger partial charge is 0.446 e. The topological polar surface area (TPSA) is 318 Å². The Morgan fingerprint density at radius 3 is 1.39 bits per heavy atom. The highest BCUT2D eigenvalue weighted by Crippen LogP contribution is 2.32. The van der Waals surface area contributed by atoms with Gasteiger partial charge in [-0.1, -0.05) is 63.7 Å². The maximum Gasteiger partial charge on any atom is 0.446 e. The molecule has 12 rings (SSSR count). The number of halogens is 3. The minimum absolute atomic E-state index is 0. The minimum Gasteiger partial charge on any atom is -0.493 e. The van der Waals surface area contributed by atoms with Crippen LogP contribution in [-0.4, -0.2) is 145 Å². The number of carbonyl (C=O) groups is 6. The van der Waals surface area contributed by atoms with E-state index < -0.39 is 47.7 Å². The molecule has 30 heteroatoms. The van der Waals surface area contributed by atoms with Crippen molar-refractivity contribution in [2.75, 3.05) is 42.0 Å². The fourth-order valence-electron chi connectivity index (χ4n) is 9.71. The number of aldehydes is 1. The number of aryl methyl sites for hydroxylation is 5. The molecule has 2 N–H and O–H groups in total. The van der Waals surface area contributed by atoms with Gasteiger partial charge in [0.1, 0.15) is 88.6 Å². The van der Waals surface area contributed by atoms with Gasteiger partial charge in [0.25, 0.3) is 17.7 Å². The number of amides is 5. The number of alkyl halides is 3. The standard InChI is InChI=1S/C24H27N5O4.C24H25N5O4.C19H19N5O2.C2HF3O.C2H6.CH4O.CH4/c2*1-16-10-11-17-19(14-16)32-13-6-5-12-28-15-25-27-21(28)18-8-7-9-20(26-18)29(22(17)30)23(31)33-24(2,3)4;1-13-7-8-14-16(11-13)26-10-3-2-9-24-12-20-23-18(24)15-5-4-6-17(21-15)22-19(14)25;3-2(4,5)1-6;2*1-2;/h7-11,14-15H,5-6,12-13H2,1-4H3;5-11,14-15H,12-13H2,1-4H3;4-8,11-12H,2-3,9-10H2,1H3,(H,21,22,25);1H;1-2H3;2H,1H3;1H4/b;6-5+;;;;;/i;;;;1D;;. The molecule has 0 spiro atoms. The lowest BCUT2D eigenvalue weighted by Crippen LogP contribution is -2.41. The number of imide groups is 2. The van der Waals surface area contributed by atoms with Gasteiger partial charge in [0, 0.05) is 28.1 Å². The van der Waals surface area contributed by atoms with Crippen molar-refractivity contribution in [3.05, 3.63) is 174 Å². The van der Waals surface area contributed by atoms with Crippen molar-refractivity contribution in [3.63, 3.8) is 0 Å². The molecule has 0 radical (unpaired) electrons. The Bertz CT molecular complexity index is 4390. The highest BCUT2D eigenvalue weighted by atomic mass is 19.4. The fourth-order valence-corrected chi connectivity index (χ4v) is 9.71. The molecule has 0 atom stereocenters. The normalized spacial score (nSPS) is 14.0. The lowest BCUT2D eigenvalue weighted by Gasteiger charge is -2.26. The molecule has 3 aromatic carbocycles. The van der Waals surface area contributed by atoms with Crippen molar-refractivity contribution in [2.24, 2.45) is 0 Å². The first-order chi connectivity index (χ1) is 49.1. The number of aliphatic hydroxyl groups excluding tert-OH is 1. The van der Waals surface area contributed by atoms with Gasteiger partial charge in [-0.05, 0) is 184 Å². The predicted octanol–water partition coefficient (Wildman–Crippen LogP) is 13.7. The van der Waals surface area contributed by atoms with Crippen molar-refractivity contribution in [2.45, 2.75) is 146 Å². The number of benzene rings is 3. The van der Waals surface area contributed by atoms with Crippen molar-refractivity contribution in [3.8, 4) is 51.8 Å². The van der Waals surface area contributed by atoms with Gasteiger partial charge in [0.05, 0.1) is 29.9 Å². The second-order valence-electron chi connectivity index (χ2n) is 24.4. The Morgan fingerprint density at radius 1 is 0.563 bits per heavy atom. The summed E-state index contributed by atoms with van der Waals surface area (Å²) in [6, 6.07) is 31.6. The Labute approximate surface area is 596 Å². The Kier molecular flexibility index (Phi) is 28.5. The molecule has 3 aliphatic rings. The molecule has 0 unspecified atom stereocenters. The first-order valence-corrected chi connectivity index (χ1v) is 32.3. The van der Waals surface area contributed by atoms with Crippen LogP contribution in [0.25, 0.3) is 34.6 Å². The molecule has 6 bridgehead atoms. The molecule has 546 valence electrons. The number of fused-ring (bicyclic) bond motifs is 15. The Balaban J connectivity index is 0.000000228. The second kappa shape index (κ2) is 37.2. The molecule has 3 aliphatic heterocycles. The summed E-state index contributed by atoms with van der Waals surface area (Å²) in [7, 11) is 1.00. The molecule has 27 nitrogen and oxygen atoms in total. The van der Waals surface area contributed by atoms with Crippen LogP contribution in [-0.2, 0) is 33.9 Å². The molecule has 5 amide bonds. The third kappa shape index (κ3) is 22.7. The van der Waals surface area contributed by atoms with Crippen LogP contribution in [0, 0.1) is 20.8 Å². The molecule has 0 aliphatic carbocycles. The highest BCUT2D eigenvalue weighted by Gasteiger charge is 2.35. The number of aromatic nitrogens is 12. The van der Waals surface area contributed by atoms with Crippen LogP contribution in [0.3, 0.4) is 0 Å². The molecule has 0 saturated heterocycles. The van der Waals surface area contributed by atoms with Gasteiger partial charge in [-0.15, -0.1) is 30.6 Å². The predicted molar refractivity (Wildman–Crippen MR) is 380 cm³/mol. The van der Waals surface area contributed by atoms with Crippen molar-refractivity contribution < 1.29 is 72.1 Å². The molecule has 0 fully saturated rings. The van der Waals surface area contributed by atoms with Crippen LogP contribution >= 0.6 is 0 Å². The third-order valence-corrected chi connectivity index (χ3v) is 14.2. The first kappa shape index (κ1) is 78.8. The van der Waals surface area contributed by atoms with E-state index in [0.717, 1.165) is 65.8 Å². The summed E-state index contributed by atoms with van der Waals surface area (Å²) in [5.74, 6) is 2.42. The number of nitrogens with one attached hydrogen (secondary N) is 1. The van der Waals surface area contributed by atoms with E-state index in [9.17, 15) is 37.1 Å². The van der Waals surface area contributed by atoms with Crippen molar-refractivity contribution in [1.82, 2.24) is 59.2 Å². The van der Waals surface area contributed by atoms with Crippen LogP contribution in [0.5, 0.6) is 17.2 Å². The zero-order valence-electron chi connectivity index (χ0n) is 59.5. The summed E-state index contributed by atoms with van der Waals surface area (Å²) in [4.78, 5) is 90.8. The number of carbonyl (C=O) groups excluding carboxylic acids is 6. The number of anilines is 3. The van der Waals surface area contributed by atoms with Crippen LogP contribution < -0.4 is 29.3 Å². The maximum atomic E-state index is 13.7. The number of pyridine rings is 3. The van der Waals surface area contributed by atoms with Crippen LogP contribution in [0.15, 0.2) is 140 Å². The summed E-state index contributed by atoms with van der Waals surface area (Å²) in [6.07, 6.45) is 4.73. The number of nitrogens with zero attached hydrogens (tertiary/aromatic N) is 14. The number of rotatable bonds is 0. The number of allylic oxidation sites excluding steroid dienone is 1. The van der Waals surface area contributed by atoms with Crippen LogP contribution in [0.1, 0.15) is 138 Å². The van der Waals surface area contributed by atoms with E-state index in [-0.39, 0.29) is 42.7 Å². The summed E-state index contributed by atoms with van der Waals surface area (Å²) < 4.78 is 72.0. The van der Waals surface area contributed by atoms with E-state index in [2.05, 4.69) is 50.9 Å². The molecule has 6 aromatic heterocycles.